The van der Waals surface area contributed by atoms with E-state index in [2.05, 4.69) is 0 Å². The van der Waals surface area contributed by atoms with E-state index in [4.69, 9.17) is 16.0 Å². The van der Waals surface area contributed by atoms with Crippen LogP contribution in [0.5, 0.6) is 11.5 Å². The van der Waals surface area contributed by atoms with Crippen LogP contribution in [0, 0.1) is 0 Å². The van der Waals surface area contributed by atoms with Crippen LogP contribution in [-0.4, -0.2) is 10.2 Å². The average Bonchev–Trinajstić information content (AvgIpc) is 2.40. The number of benzene rings is 2. The van der Waals surface area contributed by atoms with E-state index in [0.29, 0.717) is 16.0 Å². The molecule has 100 valence electrons. The summed E-state index contributed by atoms with van der Waals surface area (Å²) in [6.07, 6.45) is 0. The summed E-state index contributed by atoms with van der Waals surface area (Å²) in [5.74, 6) is -0.224. The van der Waals surface area contributed by atoms with E-state index in [1.165, 1.54) is 18.2 Å². The highest BCUT2D eigenvalue weighted by molar-refractivity contribution is 6.30. The smallest absolute Gasteiger partial charge is 0.347 e. The molecular formula is C15H9ClO4. The minimum atomic E-state index is -0.678. The summed E-state index contributed by atoms with van der Waals surface area (Å²) in [5, 5.41) is 20.5. The van der Waals surface area contributed by atoms with Gasteiger partial charge in [-0.05, 0) is 29.8 Å². The zero-order valence-electron chi connectivity index (χ0n) is 10.1. The van der Waals surface area contributed by atoms with Gasteiger partial charge in [-0.25, -0.2) is 4.79 Å². The van der Waals surface area contributed by atoms with Crippen molar-refractivity contribution in [2.75, 3.05) is 0 Å². The SMILES string of the molecule is O=c1oc2cc(O)ccc2c(O)c1-c1ccc(Cl)cc1. The van der Waals surface area contributed by atoms with Crippen LogP contribution in [0.15, 0.2) is 51.7 Å². The Morgan fingerprint density at radius 2 is 1.70 bits per heavy atom. The van der Waals surface area contributed by atoms with Gasteiger partial charge in [0.05, 0.1) is 5.39 Å². The summed E-state index contributed by atoms with van der Waals surface area (Å²) in [4.78, 5) is 12.0. The maximum atomic E-state index is 12.0. The number of fused-ring (bicyclic) bond motifs is 1. The number of halogens is 1. The molecule has 1 aromatic heterocycles. The van der Waals surface area contributed by atoms with Gasteiger partial charge >= 0.3 is 5.63 Å². The highest BCUT2D eigenvalue weighted by Crippen LogP contribution is 2.34. The van der Waals surface area contributed by atoms with E-state index < -0.39 is 5.63 Å². The van der Waals surface area contributed by atoms with E-state index in [9.17, 15) is 15.0 Å². The van der Waals surface area contributed by atoms with Crippen molar-refractivity contribution in [3.8, 4) is 22.6 Å². The number of phenolic OH excluding ortho intramolecular Hbond substituents is 1. The summed E-state index contributed by atoms with van der Waals surface area (Å²) in [6.45, 7) is 0. The van der Waals surface area contributed by atoms with Crippen molar-refractivity contribution in [1.82, 2.24) is 0 Å². The van der Waals surface area contributed by atoms with E-state index in [1.54, 1.807) is 24.3 Å². The average molecular weight is 289 g/mol. The van der Waals surface area contributed by atoms with Crippen LogP contribution in [0.2, 0.25) is 5.02 Å². The number of hydrogen-bond acceptors (Lipinski definition) is 4. The first-order valence-corrected chi connectivity index (χ1v) is 6.19. The summed E-state index contributed by atoms with van der Waals surface area (Å²) in [5.41, 5.74) is 0.0311. The largest absolute Gasteiger partial charge is 0.508 e. The number of hydrogen-bond donors (Lipinski definition) is 2. The van der Waals surface area contributed by atoms with E-state index in [0.717, 1.165) is 0 Å². The molecule has 0 spiro atoms. The van der Waals surface area contributed by atoms with Gasteiger partial charge in [0.2, 0.25) is 0 Å². The Kier molecular flexibility index (Phi) is 2.88. The van der Waals surface area contributed by atoms with Crippen LogP contribution in [0.4, 0.5) is 0 Å². The zero-order valence-corrected chi connectivity index (χ0v) is 10.9. The van der Waals surface area contributed by atoms with Gasteiger partial charge in [0.15, 0.2) is 0 Å². The molecule has 0 bridgehead atoms. The van der Waals surface area contributed by atoms with Crippen molar-refractivity contribution in [2.45, 2.75) is 0 Å². The van der Waals surface area contributed by atoms with Gasteiger partial charge < -0.3 is 14.6 Å². The first kappa shape index (κ1) is 12.6. The number of phenols is 1. The molecule has 5 heteroatoms. The predicted octanol–water partition coefficient (Wildman–Crippen LogP) is 3.52. The molecule has 2 aromatic carbocycles. The molecule has 1 heterocycles. The van der Waals surface area contributed by atoms with Gasteiger partial charge in [-0.2, -0.15) is 0 Å². The minimum Gasteiger partial charge on any atom is -0.508 e. The Bertz CT molecular complexity index is 850. The summed E-state index contributed by atoms with van der Waals surface area (Å²) in [6, 6.07) is 10.7. The lowest BCUT2D eigenvalue weighted by Crippen LogP contribution is -2.03. The summed E-state index contributed by atoms with van der Waals surface area (Å²) >= 11 is 5.80. The molecule has 3 rings (SSSR count). The van der Waals surface area contributed by atoms with E-state index in [1.807, 2.05) is 0 Å². The second kappa shape index (κ2) is 4.58. The molecule has 0 amide bonds. The standard InChI is InChI=1S/C15H9ClO4/c16-9-3-1-8(2-4-9)13-14(18)11-6-5-10(17)7-12(11)20-15(13)19/h1-7,17-18H. The molecule has 0 saturated heterocycles. The van der Waals surface area contributed by atoms with Crippen LogP contribution in [0.1, 0.15) is 0 Å². The first-order valence-electron chi connectivity index (χ1n) is 5.81. The number of rotatable bonds is 1. The van der Waals surface area contributed by atoms with Crippen LogP contribution in [-0.2, 0) is 0 Å². The highest BCUT2D eigenvalue weighted by atomic mass is 35.5. The van der Waals surface area contributed by atoms with Gasteiger partial charge in [0.25, 0.3) is 0 Å². The van der Waals surface area contributed by atoms with Gasteiger partial charge in [-0.1, -0.05) is 23.7 Å². The zero-order chi connectivity index (χ0) is 14.3. The third-order valence-corrected chi connectivity index (χ3v) is 3.25. The van der Waals surface area contributed by atoms with Crippen molar-refractivity contribution in [3.63, 3.8) is 0 Å². The Balaban J connectivity index is 2.34. The Morgan fingerprint density at radius 1 is 1.00 bits per heavy atom. The lowest BCUT2D eigenvalue weighted by Gasteiger charge is -2.06. The molecule has 0 fully saturated rings. The summed E-state index contributed by atoms with van der Waals surface area (Å²) < 4.78 is 5.13. The lowest BCUT2D eigenvalue weighted by molar-refractivity contribution is 0.465. The van der Waals surface area contributed by atoms with Crippen molar-refractivity contribution in [3.05, 3.63) is 57.9 Å². The van der Waals surface area contributed by atoms with Crippen LogP contribution in [0.25, 0.3) is 22.1 Å². The van der Waals surface area contributed by atoms with Crippen molar-refractivity contribution in [2.24, 2.45) is 0 Å². The van der Waals surface area contributed by atoms with Crippen LogP contribution in [0.3, 0.4) is 0 Å². The van der Waals surface area contributed by atoms with E-state index >= 15 is 0 Å². The van der Waals surface area contributed by atoms with Gasteiger partial charge in [0, 0.05) is 11.1 Å². The highest BCUT2D eigenvalue weighted by Gasteiger charge is 2.16. The maximum absolute atomic E-state index is 12.0. The van der Waals surface area contributed by atoms with Crippen LogP contribution < -0.4 is 5.63 Å². The molecular weight excluding hydrogens is 280 g/mol. The normalized spacial score (nSPS) is 10.8. The number of aromatic hydroxyl groups is 2. The van der Waals surface area contributed by atoms with Crippen LogP contribution >= 0.6 is 11.6 Å². The summed E-state index contributed by atoms with van der Waals surface area (Å²) in [7, 11) is 0. The monoisotopic (exact) mass is 288 g/mol. The predicted molar refractivity (Wildman–Crippen MR) is 76.3 cm³/mol. The topological polar surface area (TPSA) is 70.7 Å². The minimum absolute atomic E-state index is 0.0423. The van der Waals surface area contributed by atoms with Crippen molar-refractivity contribution >= 4 is 22.6 Å². The van der Waals surface area contributed by atoms with Gasteiger partial charge in [0.1, 0.15) is 22.6 Å². The molecule has 20 heavy (non-hydrogen) atoms. The lowest BCUT2D eigenvalue weighted by atomic mass is 10.0. The molecule has 0 radical (unpaired) electrons. The Labute approximate surface area is 118 Å². The fourth-order valence-corrected chi connectivity index (χ4v) is 2.17. The molecule has 0 saturated carbocycles. The molecule has 0 aliphatic heterocycles. The molecule has 0 atom stereocenters. The molecule has 0 aliphatic rings. The molecule has 0 unspecified atom stereocenters. The maximum Gasteiger partial charge on any atom is 0.347 e. The Morgan fingerprint density at radius 3 is 2.40 bits per heavy atom. The molecule has 4 nitrogen and oxygen atoms in total. The third-order valence-electron chi connectivity index (χ3n) is 3.00. The molecule has 0 aliphatic carbocycles. The van der Waals surface area contributed by atoms with Crippen molar-refractivity contribution < 1.29 is 14.6 Å². The molecule has 2 N–H and O–H groups in total. The fraction of sp³-hybridized carbons (Fsp3) is 0. The van der Waals surface area contributed by atoms with Gasteiger partial charge in [-0.15, -0.1) is 0 Å². The van der Waals surface area contributed by atoms with E-state index in [-0.39, 0.29) is 22.6 Å². The Hall–Kier alpha value is -2.46. The van der Waals surface area contributed by atoms with Gasteiger partial charge in [-0.3, -0.25) is 0 Å². The molecule has 3 aromatic rings. The second-order valence-electron chi connectivity index (χ2n) is 4.30. The second-order valence-corrected chi connectivity index (χ2v) is 4.74. The van der Waals surface area contributed by atoms with Crippen molar-refractivity contribution in [1.29, 1.82) is 0 Å². The third kappa shape index (κ3) is 2.00. The quantitative estimate of drug-likeness (QED) is 0.672. The first-order chi connectivity index (χ1) is 9.56. The fourth-order valence-electron chi connectivity index (χ4n) is 2.04.